The molecule has 0 amide bonds. The lowest BCUT2D eigenvalue weighted by atomic mass is 10.1. The predicted molar refractivity (Wildman–Crippen MR) is 134 cm³/mol. The minimum atomic E-state index is -3.59. The molecule has 3 heterocycles. The summed E-state index contributed by atoms with van der Waals surface area (Å²) in [6, 6.07) is 23.1. The molecule has 1 saturated heterocycles. The Labute approximate surface area is 202 Å². The number of benzene rings is 3. The van der Waals surface area contributed by atoms with E-state index in [1.807, 2.05) is 60.7 Å². The zero-order valence-corrected chi connectivity index (χ0v) is 19.7. The summed E-state index contributed by atoms with van der Waals surface area (Å²) < 4.78 is 29.9. The van der Waals surface area contributed by atoms with E-state index in [-0.39, 0.29) is 0 Å². The van der Waals surface area contributed by atoms with E-state index in [1.54, 1.807) is 16.8 Å². The van der Waals surface area contributed by atoms with Gasteiger partial charge < -0.3 is 4.90 Å². The Bertz CT molecular complexity index is 1610. The maximum atomic E-state index is 13.3. The second-order valence-corrected chi connectivity index (χ2v) is 10.4. The van der Waals surface area contributed by atoms with Gasteiger partial charge in [0.25, 0.3) is 0 Å². The van der Waals surface area contributed by atoms with Crippen LogP contribution in [0.15, 0.2) is 84.0 Å². The first-order valence-electron chi connectivity index (χ1n) is 11.4. The van der Waals surface area contributed by atoms with Gasteiger partial charge in [-0.2, -0.15) is 4.31 Å². The largest absolute Gasteiger partial charge is 0.352 e. The molecular formula is C25H23N7O2S. The summed E-state index contributed by atoms with van der Waals surface area (Å²) in [4.78, 5) is 11.2. The molecule has 1 fully saturated rings. The number of hydrogen-bond donors (Lipinski definition) is 0. The summed E-state index contributed by atoms with van der Waals surface area (Å²) in [6.45, 7) is 2.29. The van der Waals surface area contributed by atoms with Crippen LogP contribution in [-0.2, 0) is 16.6 Å². The molecule has 0 spiro atoms. The highest BCUT2D eigenvalue weighted by Gasteiger charge is 2.30. The number of sulfonamides is 1. The van der Waals surface area contributed by atoms with E-state index >= 15 is 0 Å². The summed E-state index contributed by atoms with van der Waals surface area (Å²) in [6.07, 6.45) is 1.51. The van der Waals surface area contributed by atoms with Crippen LogP contribution >= 0.6 is 0 Å². The zero-order chi connectivity index (χ0) is 23.8. The van der Waals surface area contributed by atoms with Crippen molar-refractivity contribution < 1.29 is 8.42 Å². The average Bonchev–Trinajstić information content (AvgIpc) is 3.32. The summed E-state index contributed by atoms with van der Waals surface area (Å²) in [5, 5.41) is 10.6. The SMILES string of the molecule is O=S(=O)(c1ccc2ccccc2c1)N1CCN(c2ncnc3c2nnn3Cc2ccccc2)CC1. The van der Waals surface area contributed by atoms with Gasteiger partial charge in [0.15, 0.2) is 17.0 Å². The van der Waals surface area contributed by atoms with E-state index in [0.717, 1.165) is 16.3 Å². The topological polar surface area (TPSA) is 97.1 Å². The Balaban J connectivity index is 1.21. The fourth-order valence-corrected chi connectivity index (χ4v) is 5.95. The van der Waals surface area contributed by atoms with Crippen molar-refractivity contribution >= 4 is 37.8 Å². The molecule has 3 aromatic carbocycles. The van der Waals surface area contributed by atoms with Crippen molar-refractivity contribution in [3.8, 4) is 0 Å². The maximum absolute atomic E-state index is 13.3. The third-order valence-electron chi connectivity index (χ3n) is 6.35. The van der Waals surface area contributed by atoms with Crippen LogP contribution in [0.2, 0.25) is 0 Å². The van der Waals surface area contributed by atoms with Gasteiger partial charge in [-0.05, 0) is 28.5 Å². The minimum absolute atomic E-state index is 0.318. The van der Waals surface area contributed by atoms with Gasteiger partial charge in [-0.3, -0.25) is 0 Å². The van der Waals surface area contributed by atoms with Gasteiger partial charge in [0.2, 0.25) is 10.0 Å². The van der Waals surface area contributed by atoms with E-state index in [1.165, 1.54) is 10.6 Å². The second kappa shape index (κ2) is 8.71. The fourth-order valence-electron chi connectivity index (χ4n) is 4.49. The zero-order valence-electron chi connectivity index (χ0n) is 18.9. The van der Waals surface area contributed by atoms with E-state index in [4.69, 9.17) is 0 Å². The minimum Gasteiger partial charge on any atom is -0.352 e. The molecule has 5 aromatic rings. The Hall–Kier alpha value is -3.89. The molecule has 6 rings (SSSR count). The Kier molecular flexibility index (Phi) is 5.39. The third-order valence-corrected chi connectivity index (χ3v) is 8.25. The van der Waals surface area contributed by atoms with E-state index < -0.39 is 10.0 Å². The standard InChI is InChI=1S/C25H23N7O2S/c33-35(34,22-11-10-20-8-4-5-9-21(20)16-22)31-14-12-30(13-15-31)24-23-25(27-18-26-24)32(29-28-23)17-19-6-2-1-3-7-19/h1-11,16,18H,12-15,17H2. The van der Waals surface area contributed by atoms with Gasteiger partial charge in [0, 0.05) is 26.2 Å². The molecule has 0 unspecified atom stereocenters. The first-order valence-corrected chi connectivity index (χ1v) is 12.9. The average molecular weight is 486 g/mol. The number of fused-ring (bicyclic) bond motifs is 2. The van der Waals surface area contributed by atoms with Crippen molar-refractivity contribution in [2.75, 3.05) is 31.1 Å². The molecular weight excluding hydrogens is 462 g/mol. The molecule has 1 aliphatic heterocycles. The third kappa shape index (κ3) is 4.00. The van der Waals surface area contributed by atoms with E-state index in [2.05, 4.69) is 25.2 Å². The van der Waals surface area contributed by atoms with E-state index in [9.17, 15) is 8.42 Å². The van der Waals surface area contributed by atoms with Gasteiger partial charge in [0.05, 0.1) is 11.4 Å². The van der Waals surface area contributed by atoms with Gasteiger partial charge in [0.1, 0.15) is 6.33 Å². The van der Waals surface area contributed by atoms with Gasteiger partial charge in [-0.1, -0.05) is 65.9 Å². The lowest BCUT2D eigenvalue weighted by Gasteiger charge is -2.34. The molecule has 0 radical (unpaired) electrons. The summed E-state index contributed by atoms with van der Waals surface area (Å²) >= 11 is 0. The van der Waals surface area contributed by atoms with Crippen LogP contribution in [0.25, 0.3) is 21.9 Å². The number of anilines is 1. The highest BCUT2D eigenvalue weighted by atomic mass is 32.2. The monoisotopic (exact) mass is 485 g/mol. The molecule has 0 bridgehead atoms. The predicted octanol–water partition coefficient (Wildman–Crippen LogP) is 2.93. The number of hydrogen-bond acceptors (Lipinski definition) is 7. The van der Waals surface area contributed by atoms with Crippen LogP contribution < -0.4 is 4.90 Å². The summed E-state index contributed by atoms with van der Waals surface area (Å²) in [7, 11) is -3.59. The normalized spacial score (nSPS) is 15.1. The van der Waals surface area contributed by atoms with Crippen LogP contribution in [0, 0.1) is 0 Å². The van der Waals surface area contributed by atoms with Crippen molar-refractivity contribution in [3.63, 3.8) is 0 Å². The van der Waals surface area contributed by atoms with Crippen molar-refractivity contribution in [2.24, 2.45) is 0 Å². The van der Waals surface area contributed by atoms with Crippen molar-refractivity contribution in [3.05, 3.63) is 84.7 Å². The smallest absolute Gasteiger partial charge is 0.243 e. The lowest BCUT2D eigenvalue weighted by Crippen LogP contribution is -2.49. The van der Waals surface area contributed by atoms with Crippen LogP contribution in [0.4, 0.5) is 5.82 Å². The highest BCUT2D eigenvalue weighted by Crippen LogP contribution is 2.26. The first-order chi connectivity index (χ1) is 17.1. The highest BCUT2D eigenvalue weighted by molar-refractivity contribution is 7.89. The quantitative estimate of drug-likeness (QED) is 0.378. The molecule has 35 heavy (non-hydrogen) atoms. The lowest BCUT2D eigenvalue weighted by molar-refractivity contribution is 0.384. The second-order valence-electron chi connectivity index (χ2n) is 8.50. The van der Waals surface area contributed by atoms with Crippen molar-refractivity contribution in [1.82, 2.24) is 29.3 Å². The Morgan fingerprint density at radius 2 is 1.54 bits per heavy atom. The molecule has 0 saturated carbocycles. The Morgan fingerprint density at radius 3 is 2.34 bits per heavy atom. The molecule has 176 valence electrons. The number of nitrogens with zero attached hydrogens (tertiary/aromatic N) is 7. The first kappa shape index (κ1) is 21.6. The molecule has 1 aliphatic rings. The fraction of sp³-hybridized carbons (Fsp3) is 0.200. The van der Waals surface area contributed by atoms with Crippen LogP contribution in [-0.4, -0.2) is 63.9 Å². The van der Waals surface area contributed by atoms with Crippen LogP contribution in [0.5, 0.6) is 0 Å². The molecule has 9 nitrogen and oxygen atoms in total. The van der Waals surface area contributed by atoms with Crippen molar-refractivity contribution in [1.29, 1.82) is 0 Å². The van der Waals surface area contributed by atoms with Crippen molar-refractivity contribution in [2.45, 2.75) is 11.4 Å². The number of aromatic nitrogens is 5. The molecule has 0 atom stereocenters. The molecule has 0 aliphatic carbocycles. The number of rotatable bonds is 5. The molecule has 10 heteroatoms. The van der Waals surface area contributed by atoms with Gasteiger partial charge in [-0.15, -0.1) is 5.10 Å². The molecule has 2 aromatic heterocycles. The Morgan fingerprint density at radius 1 is 0.800 bits per heavy atom. The van der Waals surface area contributed by atoms with Gasteiger partial charge >= 0.3 is 0 Å². The van der Waals surface area contributed by atoms with Crippen LogP contribution in [0.1, 0.15) is 5.56 Å². The van der Waals surface area contributed by atoms with E-state index in [0.29, 0.717) is 54.6 Å². The summed E-state index contributed by atoms with van der Waals surface area (Å²) in [5.74, 6) is 0.678. The number of piperazine rings is 1. The molecule has 0 N–H and O–H groups in total. The van der Waals surface area contributed by atoms with Crippen LogP contribution in [0.3, 0.4) is 0 Å². The maximum Gasteiger partial charge on any atom is 0.243 e. The summed E-state index contributed by atoms with van der Waals surface area (Å²) in [5.41, 5.74) is 2.38. The van der Waals surface area contributed by atoms with Gasteiger partial charge in [-0.25, -0.2) is 23.1 Å².